The summed E-state index contributed by atoms with van der Waals surface area (Å²) in [5.41, 5.74) is 1.30. The molecule has 0 aliphatic carbocycles. The zero-order valence-electron chi connectivity index (χ0n) is 11.5. The minimum atomic E-state index is -0.957. The van der Waals surface area contributed by atoms with Crippen LogP contribution in [0.2, 0.25) is 0 Å². The number of halogens is 2. The first-order valence-electron chi connectivity index (χ1n) is 6.41. The van der Waals surface area contributed by atoms with Gasteiger partial charge in [-0.1, -0.05) is 18.2 Å². The number of rotatable bonds is 4. The molecule has 21 heavy (non-hydrogen) atoms. The molecule has 2 aromatic rings. The van der Waals surface area contributed by atoms with Crippen molar-refractivity contribution in [3.05, 3.63) is 65.2 Å². The van der Waals surface area contributed by atoms with Gasteiger partial charge in [-0.25, -0.2) is 8.78 Å². The van der Waals surface area contributed by atoms with Crippen LogP contribution in [0.15, 0.2) is 42.5 Å². The van der Waals surface area contributed by atoms with Crippen molar-refractivity contribution in [3.63, 3.8) is 0 Å². The summed E-state index contributed by atoms with van der Waals surface area (Å²) in [6.45, 7) is 0.378. The van der Waals surface area contributed by atoms with E-state index in [4.69, 9.17) is 0 Å². The summed E-state index contributed by atoms with van der Waals surface area (Å²) in [5.74, 6) is -1.92. The summed E-state index contributed by atoms with van der Waals surface area (Å²) in [4.78, 5) is 13.5. The van der Waals surface area contributed by atoms with E-state index in [0.29, 0.717) is 12.1 Å². The lowest BCUT2D eigenvalue weighted by Gasteiger charge is -2.17. The van der Waals surface area contributed by atoms with E-state index in [2.05, 4.69) is 0 Å². The molecule has 0 unspecified atom stereocenters. The second-order valence-corrected chi connectivity index (χ2v) is 4.84. The second kappa shape index (κ2) is 6.35. The maximum absolute atomic E-state index is 13.1. The number of aromatic hydroxyl groups is 1. The second-order valence-electron chi connectivity index (χ2n) is 4.84. The van der Waals surface area contributed by atoms with Crippen molar-refractivity contribution in [3.8, 4) is 5.75 Å². The van der Waals surface area contributed by atoms with E-state index in [1.165, 1.54) is 11.0 Å². The van der Waals surface area contributed by atoms with Crippen LogP contribution in [-0.4, -0.2) is 23.0 Å². The number of carbonyl (C=O) groups excluding carboxylic acids is 1. The third-order valence-electron chi connectivity index (χ3n) is 3.12. The van der Waals surface area contributed by atoms with E-state index in [0.717, 1.165) is 17.7 Å². The average molecular weight is 291 g/mol. The third-order valence-corrected chi connectivity index (χ3v) is 3.12. The number of benzene rings is 2. The van der Waals surface area contributed by atoms with E-state index in [-0.39, 0.29) is 18.1 Å². The predicted octanol–water partition coefficient (Wildman–Crippen LogP) is 2.87. The van der Waals surface area contributed by atoms with E-state index < -0.39 is 11.6 Å². The molecule has 0 aliphatic rings. The SMILES string of the molecule is CN(Cc1ccc(O)cc1)C(=O)Cc1ccc(F)c(F)c1. The van der Waals surface area contributed by atoms with Crippen LogP contribution in [0.5, 0.6) is 5.75 Å². The normalized spacial score (nSPS) is 10.4. The molecule has 3 nitrogen and oxygen atoms in total. The van der Waals surface area contributed by atoms with E-state index in [1.807, 2.05) is 0 Å². The number of phenolic OH excluding ortho intramolecular Hbond substituents is 1. The third kappa shape index (κ3) is 4.02. The minimum absolute atomic E-state index is 0.00574. The Morgan fingerprint density at radius 1 is 1.05 bits per heavy atom. The summed E-state index contributed by atoms with van der Waals surface area (Å²) < 4.78 is 25.9. The van der Waals surface area contributed by atoms with Crippen LogP contribution in [-0.2, 0) is 17.8 Å². The van der Waals surface area contributed by atoms with Gasteiger partial charge < -0.3 is 10.0 Å². The topological polar surface area (TPSA) is 40.5 Å². The molecule has 0 saturated heterocycles. The Morgan fingerprint density at radius 2 is 1.67 bits per heavy atom. The van der Waals surface area contributed by atoms with Crippen molar-refractivity contribution in [2.75, 3.05) is 7.05 Å². The van der Waals surface area contributed by atoms with Crippen molar-refractivity contribution >= 4 is 5.91 Å². The Labute approximate surface area is 121 Å². The van der Waals surface area contributed by atoms with Gasteiger partial charge in [0.25, 0.3) is 0 Å². The summed E-state index contributed by atoms with van der Waals surface area (Å²) >= 11 is 0. The van der Waals surface area contributed by atoms with Crippen LogP contribution in [0.3, 0.4) is 0 Å². The molecular formula is C16H15F2NO2. The van der Waals surface area contributed by atoms with E-state index in [9.17, 15) is 18.7 Å². The quantitative estimate of drug-likeness (QED) is 0.941. The molecule has 0 spiro atoms. The largest absolute Gasteiger partial charge is 0.508 e. The molecule has 5 heteroatoms. The zero-order valence-corrected chi connectivity index (χ0v) is 11.5. The maximum atomic E-state index is 13.1. The van der Waals surface area contributed by atoms with Crippen molar-refractivity contribution < 1.29 is 18.7 Å². The van der Waals surface area contributed by atoms with Gasteiger partial charge in [0.05, 0.1) is 6.42 Å². The molecule has 0 atom stereocenters. The molecule has 0 heterocycles. The number of amides is 1. The number of phenols is 1. The number of hydrogen-bond donors (Lipinski definition) is 1. The van der Waals surface area contributed by atoms with E-state index in [1.54, 1.807) is 31.3 Å². The number of hydrogen-bond acceptors (Lipinski definition) is 2. The molecule has 2 aromatic carbocycles. The highest BCUT2D eigenvalue weighted by Gasteiger charge is 2.12. The van der Waals surface area contributed by atoms with Crippen LogP contribution in [0.4, 0.5) is 8.78 Å². The van der Waals surface area contributed by atoms with Crippen LogP contribution in [0.1, 0.15) is 11.1 Å². The van der Waals surface area contributed by atoms with Crippen LogP contribution < -0.4 is 0 Å². The van der Waals surface area contributed by atoms with Gasteiger partial charge in [0.1, 0.15) is 5.75 Å². The monoisotopic (exact) mass is 291 g/mol. The Bertz CT molecular complexity index is 641. The van der Waals surface area contributed by atoms with Gasteiger partial charge in [-0.15, -0.1) is 0 Å². The number of nitrogens with zero attached hydrogens (tertiary/aromatic N) is 1. The molecule has 1 N–H and O–H groups in total. The molecule has 0 bridgehead atoms. The van der Waals surface area contributed by atoms with Crippen molar-refractivity contribution in [2.45, 2.75) is 13.0 Å². The Kier molecular flexibility index (Phi) is 4.52. The van der Waals surface area contributed by atoms with Crippen LogP contribution in [0, 0.1) is 11.6 Å². The van der Waals surface area contributed by atoms with Crippen LogP contribution >= 0.6 is 0 Å². The Balaban J connectivity index is 1.98. The molecule has 0 saturated carbocycles. The summed E-state index contributed by atoms with van der Waals surface area (Å²) in [6.07, 6.45) is 0.00574. The molecule has 2 rings (SSSR count). The van der Waals surface area contributed by atoms with E-state index >= 15 is 0 Å². The summed E-state index contributed by atoms with van der Waals surface area (Å²) in [6, 6.07) is 9.96. The molecule has 0 fully saturated rings. The van der Waals surface area contributed by atoms with Gasteiger partial charge in [-0.3, -0.25) is 4.79 Å². The van der Waals surface area contributed by atoms with Gasteiger partial charge in [0.15, 0.2) is 11.6 Å². The van der Waals surface area contributed by atoms with Gasteiger partial charge in [0.2, 0.25) is 5.91 Å². The fourth-order valence-corrected chi connectivity index (χ4v) is 1.92. The molecular weight excluding hydrogens is 276 g/mol. The highest BCUT2D eigenvalue weighted by molar-refractivity contribution is 5.78. The lowest BCUT2D eigenvalue weighted by Crippen LogP contribution is -2.27. The van der Waals surface area contributed by atoms with Crippen molar-refractivity contribution in [2.24, 2.45) is 0 Å². The molecule has 1 amide bonds. The van der Waals surface area contributed by atoms with Gasteiger partial charge in [-0.05, 0) is 35.4 Å². The molecule has 110 valence electrons. The minimum Gasteiger partial charge on any atom is -0.508 e. The van der Waals surface area contributed by atoms with Crippen molar-refractivity contribution in [1.82, 2.24) is 4.90 Å². The first-order chi connectivity index (χ1) is 9.95. The van der Waals surface area contributed by atoms with Gasteiger partial charge in [0, 0.05) is 13.6 Å². The molecule has 0 aliphatic heterocycles. The standard InChI is InChI=1S/C16H15F2NO2/c1-19(10-11-2-5-13(20)6-3-11)16(21)9-12-4-7-14(17)15(18)8-12/h2-8,20H,9-10H2,1H3. The maximum Gasteiger partial charge on any atom is 0.227 e. The molecule has 0 aromatic heterocycles. The average Bonchev–Trinajstić information content (AvgIpc) is 2.45. The summed E-state index contributed by atoms with van der Waals surface area (Å²) in [7, 11) is 1.63. The summed E-state index contributed by atoms with van der Waals surface area (Å²) in [5, 5.41) is 9.20. The zero-order chi connectivity index (χ0) is 15.4. The fraction of sp³-hybridized carbons (Fsp3) is 0.188. The lowest BCUT2D eigenvalue weighted by molar-refractivity contribution is -0.129. The Hall–Kier alpha value is -2.43. The first kappa shape index (κ1) is 15.0. The Morgan fingerprint density at radius 3 is 2.29 bits per heavy atom. The van der Waals surface area contributed by atoms with Gasteiger partial charge >= 0.3 is 0 Å². The highest BCUT2D eigenvalue weighted by atomic mass is 19.2. The first-order valence-corrected chi connectivity index (χ1v) is 6.41. The number of carbonyl (C=O) groups is 1. The number of likely N-dealkylation sites (N-methyl/N-ethyl adjacent to an activating group) is 1. The molecule has 0 radical (unpaired) electrons. The highest BCUT2D eigenvalue weighted by Crippen LogP contribution is 2.13. The lowest BCUT2D eigenvalue weighted by atomic mass is 10.1. The van der Waals surface area contributed by atoms with Gasteiger partial charge in [-0.2, -0.15) is 0 Å². The van der Waals surface area contributed by atoms with Crippen molar-refractivity contribution in [1.29, 1.82) is 0 Å². The fourth-order valence-electron chi connectivity index (χ4n) is 1.92. The van der Waals surface area contributed by atoms with Crippen LogP contribution in [0.25, 0.3) is 0 Å². The smallest absolute Gasteiger partial charge is 0.227 e. The predicted molar refractivity (Wildman–Crippen MR) is 74.6 cm³/mol.